The van der Waals surface area contributed by atoms with Crippen LogP contribution in [0.5, 0.6) is 0 Å². The number of nitrogens with two attached hydrogens (primary N) is 1. The van der Waals surface area contributed by atoms with Gasteiger partial charge in [0.1, 0.15) is 0 Å². The fourth-order valence-electron chi connectivity index (χ4n) is 1.03. The lowest BCUT2D eigenvalue weighted by Crippen LogP contribution is -2.46. The van der Waals surface area contributed by atoms with E-state index in [2.05, 4.69) is 20.6 Å². The van der Waals surface area contributed by atoms with Crippen LogP contribution in [0.1, 0.15) is 13.8 Å². The molecule has 7 heteroatoms. The van der Waals surface area contributed by atoms with Crippen LogP contribution in [0.25, 0.3) is 0 Å². The van der Waals surface area contributed by atoms with E-state index in [0.717, 1.165) is 0 Å². The third-order valence-electron chi connectivity index (χ3n) is 1.78. The van der Waals surface area contributed by atoms with E-state index < -0.39 is 11.6 Å². The van der Waals surface area contributed by atoms with E-state index >= 15 is 0 Å². The highest BCUT2D eigenvalue weighted by atomic mass is 35.5. The Morgan fingerprint density at radius 1 is 1.50 bits per heavy atom. The largest absolute Gasteiger partial charge is 0.352 e. The topological polar surface area (TPSA) is 92.9 Å². The second kappa shape index (κ2) is 4.98. The summed E-state index contributed by atoms with van der Waals surface area (Å²) in [6.07, 6.45) is 2.99. The molecule has 0 bridgehead atoms. The SMILES string of the molecule is CC(C)(CNC(N)=O)Nc1ncc(Cl)cn1. The number of nitrogens with one attached hydrogen (secondary N) is 2. The molecule has 0 spiro atoms. The number of anilines is 1. The molecule has 0 aliphatic carbocycles. The third-order valence-corrected chi connectivity index (χ3v) is 1.97. The zero-order valence-electron chi connectivity index (χ0n) is 9.12. The minimum absolute atomic E-state index is 0.369. The van der Waals surface area contributed by atoms with E-state index in [1.165, 1.54) is 12.4 Å². The molecule has 0 saturated carbocycles. The highest BCUT2D eigenvalue weighted by Gasteiger charge is 2.18. The minimum atomic E-state index is -0.563. The van der Waals surface area contributed by atoms with Crippen LogP contribution in [0.2, 0.25) is 5.02 Å². The molecule has 16 heavy (non-hydrogen) atoms. The second-order valence-electron chi connectivity index (χ2n) is 3.95. The lowest BCUT2D eigenvalue weighted by molar-refractivity contribution is 0.247. The van der Waals surface area contributed by atoms with Gasteiger partial charge in [0.15, 0.2) is 0 Å². The molecular formula is C9H14ClN5O. The van der Waals surface area contributed by atoms with Crippen molar-refractivity contribution in [1.29, 1.82) is 0 Å². The van der Waals surface area contributed by atoms with E-state index in [-0.39, 0.29) is 0 Å². The molecular weight excluding hydrogens is 230 g/mol. The highest BCUT2D eigenvalue weighted by Crippen LogP contribution is 2.11. The summed E-state index contributed by atoms with van der Waals surface area (Å²) < 4.78 is 0. The summed E-state index contributed by atoms with van der Waals surface area (Å²) in [4.78, 5) is 18.6. The van der Waals surface area contributed by atoms with E-state index in [9.17, 15) is 4.79 Å². The van der Waals surface area contributed by atoms with Crippen LogP contribution in [0.4, 0.5) is 10.7 Å². The normalized spacial score (nSPS) is 10.9. The van der Waals surface area contributed by atoms with E-state index in [1.54, 1.807) is 0 Å². The maximum absolute atomic E-state index is 10.6. The number of aromatic nitrogens is 2. The lowest BCUT2D eigenvalue weighted by atomic mass is 10.1. The van der Waals surface area contributed by atoms with Crippen LogP contribution in [0.3, 0.4) is 0 Å². The van der Waals surface area contributed by atoms with Gasteiger partial charge in [0, 0.05) is 6.54 Å². The first-order valence-electron chi connectivity index (χ1n) is 4.68. The Balaban J connectivity index is 2.57. The standard InChI is InChI=1S/C9H14ClN5O/c1-9(2,5-14-7(11)16)15-8-12-3-6(10)4-13-8/h3-4H,5H2,1-2H3,(H3,11,14,16)(H,12,13,15). The van der Waals surface area contributed by atoms with Crippen LogP contribution in [0, 0.1) is 0 Å². The summed E-state index contributed by atoms with van der Waals surface area (Å²) in [5.74, 6) is 0.445. The zero-order valence-corrected chi connectivity index (χ0v) is 9.88. The lowest BCUT2D eigenvalue weighted by Gasteiger charge is -2.25. The predicted octanol–water partition coefficient (Wildman–Crippen LogP) is 0.989. The van der Waals surface area contributed by atoms with Gasteiger partial charge in [-0.05, 0) is 13.8 Å². The van der Waals surface area contributed by atoms with Crippen molar-refractivity contribution in [3.05, 3.63) is 17.4 Å². The maximum Gasteiger partial charge on any atom is 0.312 e. The summed E-state index contributed by atoms with van der Waals surface area (Å²) in [6, 6.07) is -0.563. The Morgan fingerprint density at radius 3 is 2.56 bits per heavy atom. The molecule has 4 N–H and O–H groups in total. The van der Waals surface area contributed by atoms with Crippen LogP contribution < -0.4 is 16.4 Å². The fraction of sp³-hybridized carbons (Fsp3) is 0.444. The van der Waals surface area contributed by atoms with E-state index in [4.69, 9.17) is 17.3 Å². The molecule has 0 aliphatic heterocycles. The van der Waals surface area contributed by atoms with Crippen molar-refractivity contribution in [3.8, 4) is 0 Å². The Morgan fingerprint density at radius 2 is 2.06 bits per heavy atom. The van der Waals surface area contributed by atoms with Gasteiger partial charge in [0.2, 0.25) is 5.95 Å². The maximum atomic E-state index is 10.6. The number of carbonyl (C=O) groups excluding carboxylic acids is 1. The van der Waals surface area contributed by atoms with Crippen molar-refractivity contribution in [2.75, 3.05) is 11.9 Å². The van der Waals surface area contributed by atoms with Crippen LogP contribution >= 0.6 is 11.6 Å². The van der Waals surface area contributed by atoms with Gasteiger partial charge >= 0.3 is 6.03 Å². The first-order chi connectivity index (χ1) is 7.39. The van der Waals surface area contributed by atoms with Gasteiger partial charge in [-0.1, -0.05) is 11.6 Å². The summed E-state index contributed by atoms with van der Waals surface area (Å²) in [5.41, 5.74) is 4.59. The molecule has 0 unspecified atom stereocenters. The van der Waals surface area contributed by atoms with Crippen LogP contribution in [-0.2, 0) is 0 Å². The summed E-state index contributed by atoms with van der Waals surface area (Å²) >= 11 is 5.66. The smallest absolute Gasteiger partial charge is 0.312 e. The van der Waals surface area contributed by atoms with Crippen molar-refractivity contribution < 1.29 is 4.79 Å². The Hall–Kier alpha value is -1.56. The number of urea groups is 1. The number of halogens is 1. The van der Waals surface area contributed by atoms with Gasteiger partial charge in [-0.3, -0.25) is 0 Å². The molecule has 0 radical (unpaired) electrons. The first kappa shape index (κ1) is 12.5. The molecule has 0 atom stereocenters. The monoisotopic (exact) mass is 243 g/mol. The summed E-state index contributed by atoms with van der Waals surface area (Å²) in [5, 5.41) is 6.03. The van der Waals surface area contributed by atoms with Crippen molar-refractivity contribution in [2.45, 2.75) is 19.4 Å². The summed E-state index contributed by atoms with van der Waals surface area (Å²) in [7, 11) is 0. The average molecular weight is 244 g/mol. The second-order valence-corrected chi connectivity index (χ2v) is 4.39. The summed E-state index contributed by atoms with van der Waals surface area (Å²) in [6.45, 7) is 4.15. The van der Waals surface area contributed by atoms with Crippen molar-refractivity contribution in [2.24, 2.45) is 5.73 Å². The Bertz CT molecular complexity index is 365. The molecule has 0 saturated heterocycles. The van der Waals surface area contributed by atoms with Crippen molar-refractivity contribution >= 4 is 23.6 Å². The minimum Gasteiger partial charge on any atom is -0.352 e. The number of amides is 2. The van der Waals surface area contributed by atoms with Gasteiger partial charge in [0.25, 0.3) is 0 Å². The molecule has 1 rings (SSSR count). The zero-order chi connectivity index (χ0) is 12.2. The van der Waals surface area contributed by atoms with Crippen LogP contribution in [0.15, 0.2) is 12.4 Å². The van der Waals surface area contributed by atoms with Gasteiger partial charge < -0.3 is 16.4 Å². The quantitative estimate of drug-likeness (QED) is 0.735. The van der Waals surface area contributed by atoms with Crippen molar-refractivity contribution in [3.63, 3.8) is 0 Å². The number of hydrogen-bond acceptors (Lipinski definition) is 4. The molecule has 2 amide bonds. The van der Waals surface area contributed by atoms with Gasteiger partial charge in [-0.2, -0.15) is 0 Å². The van der Waals surface area contributed by atoms with Gasteiger partial charge in [0.05, 0.1) is 23.0 Å². The third kappa shape index (κ3) is 4.31. The Labute approximate surface area is 98.6 Å². The predicted molar refractivity (Wildman–Crippen MR) is 62.3 cm³/mol. The van der Waals surface area contributed by atoms with E-state index in [1.807, 2.05) is 13.8 Å². The molecule has 1 heterocycles. The molecule has 1 aromatic heterocycles. The number of carbonyl (C=O) groups is 1. The first-order valence-corrected chi connectivity index (χ1v) is 5.06. The molecule has 0 aromatic carbocycles. The number of rotatable bonds is 4. The molecule has 0 aliphatic rings. The highest BCUT2D eigenvalue weighted by molar-refractivity contribution is 6.30. The molecule has 88 valence electrons. The molecule has 6 nitrogen and oxygen atoms in total. The van der Waals surface area contributed by atoms with Gasteiger partial charge in [-0.25, -0.2) is 14.8 Å². The number of hydrogen-bond donors (Lipinski definition) is 3. The number of nitrogens with zero attached hydrogens (tertiary/aromatic N) is 2. The molecule has 0 fully saturated rings. The Kier molecular flexibility index (Phi) is 3.89. The van der Waals surface area contributed by atoms with Crippen molar-refractivity contribution in [1.82, 2.24) is 15.3 Å². The number of primary amides is 1. The average Bonchev–Trinajstić information content (AvgIpc) is 2.19. The molecule has 1 aromatic rings. The van der Waals surface area contributed by atoms with Gasteiger partial charge in [-0.15, -0.1) is 0 Å². The van der Waals surface area contributed by atoms with Crippen LogP contribution in [-0.4, -0.2) is 28.1 Å². The van der Waals surface area contributed by atoms with E-state index in [0.29, 0.717) is 17.5 Å². The fourth-order valence-corrected chi connectivity index (χ4v) is 1.13.